The third-order valence-corrected chi connectivity index (χ3v) is 2.79. The summed E-state index contributed by atoms with van der Waals surface area (Å²) < 4.78 is 18.3. The first-order valence-corrected chi connectivity index (χ1v) is 5.31. The standard InChI is InChI=1S/C12H14FNO2/c1-9-8-16-5-4-14(9)12-3-2-11(13)6-10(12)7-15/h2-3,6-7,9H,4-5,8H2,1H3. The molecule has 0 amide bonds. The lowest BCUT2D eigenvalue weighted by molar-refractivity contribution is 0.0985. The van der Waals surface area contributed by atoms with Gasteiger partial charge < -0.3 is 9.64 Å². The number of ether oxygens (including phenoxy) is 1. The number of anilines is 1. The first-order chi connectivity index (χ1) is 7.72. The highest BCUT2D eigenvalue weighted by molar-refractivity contribution is 5.84. The fourth-order valence-corrected chi connectivity index (χ4v) is 1.97. The molecule has 0 aliphatic carbocycles. The van der Waals surface area contributed by atoms with Crippen molar-refractivity contribution in [1.29, 1.82) is 0 Å². The number of carbonyl (C=O) groups is 1. The van der Waals surface area contributed by atoms with Crippen molar-refractivity contribution in [2.75, 3.05) is 24.7 Å². The zero-order valence-corrected chi connectivity index (χ0v) is 9.15. The topological polar surface area (TPSA) is 29.5 Å². The molecule has 1 heterocycles. The highest BCUT2D eigenvalue weighted by atomic mass is 19.1. The van der Waals surface area contributed by atoms with Gasteiger partial charge in [0.25, 0.3) is 0 Å². The van der Waals surface area contributed by atoms with Gasteiger partial charge in [0.1, 0.15) is 5.82 Å². The molecule has 3 nitrogen and oxygen atoms in total. The SMILES string of the molecule is CC1COCCN1c1ccc(F)cc1C=O. The van der Waals surface area contributed by atoms with Crippen molar-refractivity contribution in [3.8, 4) is 0 Å². The average molecular weight is 223 g/mol. The van der Waals surface area contributed by atoms with Crippen molar-refractivity contribution in [3.05, 3.63) is 29.6 Å². The molecule has 0 spiro atoms. The molecule has 0 aromatic heterocycles. The Morgan fingerprint density at radius 3 is 3.06 bits per heavy atom. The summed E-state index contributed by atoms with van der Waals surface area (Å²) in [5.41, 5.74) is 1.18. The molecule has 1 saturated heterocycles. The van der Waals surface area contributed by atoms with Gasteiger partial charge in [0.15, 0.2) is 6.29 Å². The number of morpholine rings is 1. The van der Waals surface area contributed by atoms with E-state index >= 15 is 0 Å². The minimum absolute atomic E-state index is 0.206. The van der Waals surface area contributed by atoms with Gasteiger partial charge in [0.2, 0.25) is 0 Å². The van der Waals surface area contributed by atoms with Crippen LogP contribution in [0.1, 0.15) is 17.3 Å². The van der Waals surface area contributed by atoms with Crippen LogP contribution in [0.25, 0.3) is 0 Å². The van der Waals surface area contributed by atoms with Crippen LogP contribution in [0, 0.1) is 5.82 Å². The zero-order valence-electron chi connectivity index (χ0n) is 9.15. The monoisotopic (exact) mass is 223 g/mol. The van der Waals surface area contributed by atoms with E-state index in [-0.39, 0.29) is 11.9 Å². The Morgan fingerprint density at radius 2 is 2.38 bits per heavy atom. The lowest BCUT2D eigenvalue weighted by atomic mass is 10.1. The van der Waals surface area contributed by atoms with Crippen molar-refractivity contribution >= 4 is 12.0 Å². The zero-order chi connectivity index (χ0) is 11.5. The minimum atomic E-state index is -0.383. The number of nitrogens with zero attached hydrogens (tertiary/aromatic N) is 1. The maximum Gasteiger partial charge on any atom is 0.152 e. The van der Waals surface area contributed by atoms with Gasteiger partial charge in [-0.15, -0.1) is 0 Å². The van der Waals surface area contributed by atoms with E-state index in [0.717, 1.165) is 12.2 Å². The van der Waals surface area contributed by atoms with E-state index in [1.54, 1.807) is 6.07 Å². The second kappa shape index (κ2) is 4.61. The Kier molecular flexibility index (Phi) is 3.19. The Bertz CT molecular complexity index is 395. The van der Waals surface area contributed by atoms with E-state index in [1.807, 2.05) is 6.92 Å². The third kappa shape index (κ3) is 2.07. The fourth-order valence-electron chi connectivity index (χ4n) is 1.97. The molecule has 0 bridgehead atoms. The summed E-state index contributed by atoms with van der Waals surface area (Å²) in [7, 11) is 0. The Labute approximate surface area is 93.8 Å². The molecule has 0 radical (unpaired) electrons. The Morgan fingerprint density at radius 1 is 1.56 bits per heavy atom. The highest BCUT2D eigenvalue weighted by Crippen LogP contribution is 2.23. The van der Waals surface area contributed by atoms with Crippen LogP contribution in [-0.2, 0) is 4.74 Å². The van der Waals surface area contributed by atoms with Gasteiger partial charge in [-0.2, -0.15) is 0 Å². The van der Waals surface area contributed by atoms with Crippen LogP contribution in [0.15, 0.2) is 18.2 Å². The fraction of sp³-hybridized carbons (Fsp3) is 0.417. The molecule has 2 rings (SSSR count). The number of hydrogen-bond donors (Lipinski definition) is 0. The van der Waals surface area contributed by atoms with Crippen LogP contribution < -0.4 is 4.90 Å². The van der Waals surface area contributed by atoms with Gasteiger partial charge >= 0.3 is 0 Å². The molecule has 4 heteroatoms. The predicted octanol–water partition coefficient (Wildman–Crippen LogP) is 1.86. The summed E-state index contributed by atoms with van der Waals surface area (Å²) in [6, 6.07) is 4.51. The lowest BCUT2D eigenvalue weighted by Gasteiger charge is -2.35. The number of hydrogen-bond acceptors (Lipinski definition) is 3. The summed E-state index contributed by atoms with van der Waals surface area (Å²) in [6.45, 7) is 4.03. The molecule has 1 aliphatic rings. The van der Waals surface area contributed by atoms with Crippen LogP contribution in [-0.4, -0.2) is 32.1 Å². The van der Waals surface area contributed by atoms with E-state index in [1.165, 1.54) is 12.1 Å². The Balaban J connectivity index is 2.34. The molecule has 1 fully saturated rings. The third-order valence-electron chi connectivity index (χ3n) is 2.79. The summed E-state index contributed by atoms with van der Waals surface area (Å²) in [5, 5.41) is 0. The van der Waals surface area contributed by atoms with Crippen LogP contribution >= 0.6 is 0 Å². The molecule has 86 valence electrons. The predicted molar refractivity (Wildman–Crippen MR) is 59.4 cm³/mol. The second-order valence-electron chi connectivity index (χ2n) is 3.94. The van der Waals surface area contributed by atoms with Crippen LogP contribution in [0.2, 0.25) is 0 Å². The molecule has 1 aliphatic heterocycles. The first-order valence-electron chi connectivity index (χ1n) is 5.31. The van der Waals surface area contributed by atoms with Crippen molar-refractivity contribution in [2.45, 2.75) is 13.0 Å². The number of rotatable bonds is 2. The summed E-state index contributed by atoms with van der Waals surface area (Å²) >= 11 is 0. The van der Waals surface area contributed by atoms with Crippen molar-refractivity contribution < 1.29 is 13.9 Å². The molecule has 1 unspecified atom stereocenters. The van der Waals surface area contributed by atoms with Gasteiger partial charge in [-0.25, -0.2) is 4.39 Å². The molecule has 0 saturated carbocycles. The maximum atomic E-state index is 13.0. The van der Waals surface area contributed by atoms with Gasteiger partial charge in [-0.1, -0.05) is 0 Å². The van der Waals surface area contributed by atoms with Gasteiger partial charge in [0, 0.05) is 23.8 Å². The first kappa shape index (κ1) is 11.1. The number of carbonyl (C=O) groups excluding carboxylic acids is 1. The minimum Gasteiger partial charge on any atom is -0.377 e. The van der Waals surface area contributed by atoms with Crippen LogP contribution in [0.5, 0.6) is 0 Å². The molecular weight excluding hydrogens is 209 g/mol. The average Bonchev–Trinajstić information content (AvgIpc) is 2.30. The van der Waals surface area contributed by atoms with Crippen LogP contribution in [0.3, 0.4) is 0 Å². The van der Waals surface area contributed by atoms with Gasteiger partial charge in [-0.3, -0.25) is 4.79 Å². The Hall–Kier alpha value is -1.42. The largest absolute Gasteiger partial charge is 0.377 e. The highest BCUT2D eigenvalue weighted by Gasteiger charge is 2.21. The number of benzene rings is 1. The second-order valence-corrected chi connectivity index (χ2v) is 3.94. The van der Waals surface area contributed by atoms with Gasteiger partial charge in [0.05, 0.1) is 13.2 Å². The molecule has 16 heavy (non-hydrogen) atoms. The normalized spacial score (nSPS) is 20.9. The number of halogens is 1. The van der Waals surface area contributed by atoms with Gasteiger partial charge in [-0.05, 0) is 25.1 Å². The van der Waals surface area contributed by atoms with Crippen molar-refractivity contribution in [2.24, 2.45) is 0 Å². The van der Waals surface area contributed by atoms with Crippen molar-refractivity contribution in [3.63, 3.8) is 0 Å². The van der Waals surface area contributed by atoms with E-state index < -0.39 is 0 Å². The number of aldehydes is 1. The van der Waals surface area contributed by atoms with E-state index in [9.17, 15) is 9.18 Å². The quantitative estimate of drug-likeness (QED) is 0.717. The summed E-state index contributed by atoms with van der Waals surface area (Å²) in [5.74, 6) is -0.383. The van der Waals surface area contributed by atoms with Crippen molar-refractivity contribution in [1.82, 2.24) is 0 Å². The van der Waals surface area contributed by atoms with Crippen LogP contribution in [0.4, 0.5) is 10.1 Å². The molecule has 1 aromatic carbocycles. The lowest BCUT2D eigenvalue weighted by Crippen LogP contribution is -2.44. The van der Waals surface area contributed by atoms with E-state index in [2.05, 4.69) is 4.90 Å². The summed E-state index contributed by atoms with van der Waals surface area (Å²) in [6.07, 6.45) is 0.695. The molecule has 1 aromatic rings. The van der Waals surface area contributed by atoms with E-state index in [4.69, 9.17) is 4.74 Å². The molecule has 0 N–H and O–H groups in total. The smallest absolute Gasteiger partial charge is 0.152 e. The summed E-state index contributed by atoms with van der Waals surface area (Å²) in [4.78, 5) is 13.0. The molecule has 1 atom stereocenters. The molecular formula is C12H14FNO2. The van der Waals surface area contributed by atoms with E-state index in [0.29, 0.717) is 25.1 Å². The maximum absolute atomic E-state index is 13.0.